The quantitative estimate of drug-likeness (QED) is 0.861. The smallest absolute Gasteiger partial charge is 0.308 e. The van der Waals surface area contributed by atoms with E-state index >= 15 is 0 Å². The number of anilines is 1. The number of carbonyl (C=O) groups is 1. The van der Waals surface area contributed by atoms with Crippen molar-refractivity contribution < 1.29 is 9.53 Å². The number of carbonyl (C=O) groups excluding carboxylic acids is 1. The van der Waals surface area contributed by atoms with Gasteiger partial charge in [-0.15, -0.1) is 0 Å². The molecule has 0 aliphatic rings. The summed E-state index contributed by atoms with van der Waals surface area (Å²) in [6, 6.07) is 7.44. The molecule has 0 bridgehead atoms. The highest BCUT2D eigenvalue weighted by molar-refractivity contribution is 9.10. The lowest BCUT2D eigenvalue weighted by Gasteiger charge is -2.19. The first-order valence-electron chi connectivity index (χ1n) is 5.97. The summed E-state index contributed by atoms with van der Waals surface area (Å²) < 4.78 is 6.08. The highest BCUT2D eigenvalue weighted by atomic mass is 79.9. The van der Waals surface area contributed by atoms with E-state index in [9.17, 15) is 4.79 Å². The van der Waals surface area contributed by atoms with Crippen LogP contribution < -0.4 is 5.32 Å². The molecule has 102 valence electrons. The third kappa shape index (κ3) is 5.75. The van der Waals surface area contributed by atoms with Crippen molar-refractivity contribution in [1.82, 2.24) is 0 Å². The molecule has 0 atom stereocenters. The number of nitriles is 1. The van der Waals surface area contributed by atoms with Crippen LogP contribution in [0.4, 0.5) is 5.69 Å². The Morgan fingerprint density at radius 2 is 2.16 bits per heavy atom. The molecule has 0 saturated carbocycles. The second-order valence-electron chi connectivity index (χ2n) is 5.06. The van der Waals surface area contributed by atoms with Gasteiger partial charge in [0.25, 0.3) is 0 Å². The second kappa shape index (κ2) is 6.58. The summed E-state index contributed by atoms with van der Waals surface area (Å²) in [4.78, 5) is 11.5. The van der Waals surface area contributed by atoms with E-state index < -0.39 is 5.60 Å². The van der Waals surface area contributed by atoms with Gasteiger partial charge in [-0.1, -0.05) is 15.9 Å². The fraction of sp³-hybridized carbons (Fsp3) is 0.429. The van der Waals surface area contributed by atoms with Crippen molar-refractivity contribution >= 4 is 27.6 Å². The number of halogens is 1. The maximum absolute atomic E-state index is 11.5. The zero-order valence-electron chi connectivity index (χ0n) is 11.3. The minimum absolute atomic E-state index is 0.256. The molecular formula is C14H17BrN2O2. The van der Waals surface area contributed by atoms with Crippen molar-refractivity contribution in [3.05, 3.63) is 28.2 Å². The molecule has 0 fully saturated rings. The minimum Gasteiger partial charge on any atom is -0.460 e. The Kier molecular flexibility index (Phi) is 5.37. The van der Waals surface area contributed by atoms with Gasteiger partial charge in [0.1, 0.15) is 11.7 Å². The van der Waals surface area contributed by atoms with Gasteiger partial charge in [-0.2, -0.15) is 5.26 Å². The highest BCUT2D eigenvalue weighted by Crippen LogP contribution is 2.20. The molecule has 0 aliphatic carbocycles. The maximum atomic E-state index is 11.5. The average Bonchev–Trinajstić information content (AvgIpc) is 2.27. The monoisotopic (exact) mass is 324 g/mol. The molecule has 0 amide bonds. The SMILES string of the molecule is CC(C)(C)OC(=O)CCNc1cc(Br)ccc1C#N. The summed E-state index contributed by atoms with van der Waals surface area (Å²) >= 11 is 3.35. The van der Waals surface area contributed by atoms with Crippen LogP contribution in [0.5, 0.6) is 0 Å². The van der Waals surface area contributed by atoms with Crippen LogP contribution in [-0.4, -0.2) is 18.1 Å². The molecule has 0 unspecified atom stereocenters. The predicted molar refractivity (Wildman–Crippen MR) is 77.8 cm³/mol. The minimum atomic E-state index is -0.468. The van der Waals surface area contributed by atoms with E-state index in [-0.39, 0.29) is 12.4 Å². The lowest BCUT2D eigenvalue weighted by molar-refractivity contribution is -0.154. The van der Waals surface area contributed by atoms with Crippen LogP contribution in [0.25, 0.3) is 0 Å². The first kappa shape index (κ1) is 15.5. The summed E-state index contributed by atoms with van der Waals surface area (Å²) in [5, 5.41) is 12.0. The number of nitrogens with zero attached hydrogens (tertiary/aromatic N) is 1. The standard InChI is InChI=1S/C14H17BrN2O2/c1-14(2,3)19-13(18)6-7-17-12-8-11(15)5-4-10(12)9-16/h4-5,8,17H,6-7H2,1-3H3. The number of nitrogens with one attached hydrogen (secondary N) is 1. The third-order valence-electron chi connectivity index (χ3n) is 2.17. The van der Waals surface area contributed by atoms with Crippen LogP contribution in [0, 0.1) is 11.3 Å². The molecule has 0 spiro atoms. The first-order chi connectivity index (χ1) is 8.81. The fourth-order valence-corrected chi connectivity index (χ4v) is 1.81. The molecule has 5 heteroatoms. The van der Waals surface area contributed by atoms with Gasteiger partial charge < -0.3 is 10.1 Å². The van der Waals surface area contributed by atoms with Crippen molar-refractivity contribution in [2.45, 2.75) is 32.8 Å². The molecule has 0 aromatic heterocycles. The van der Waals surface area contributed by atoms with Gasteiger partial charge in [0.15, 0.2) is 0 Å². The molecule has 0 aliphatic heterocycles. The largest absolute Gasteiger partial charge is 0.460 e. The highest BCUT2D eigenvalue weighted by Gasteiger charge is 2.15. The van der Waals surface area contributed by atoms with Crippen LogP contribution in [0.2, 0.25) is 0 Å². The predicted octanol–water partition coefficient (Wildman–Crippen LogP) is 3.46. The van der Waals surface area contributed by atoms with Crippen molar-refractivity contribution in [2.24, 2.45) is 0 Å². The number of esters is 1. The summed E-state index contributed by atoms with van der Waals surface area (Å²) in [7, 11) is 0. The van der Waals surface area contributed by atoms with E-state index in [0.29, 0.717) is 17.8 Å². The molecule has 1 rings (SSSR count). The number of ether oxygens (including phenoxy) is 1. The third-order valence-corrected chi connectivity index (χ3v) is 2.66. The van der Waals surface area contributed by atoms with Crippen molar-refractivity contribution in [2.75, 3.05) is 11.9 Å². The summed E-state index contributed by atoms with van der Waals surface area (Å²) in [6.45, 7) is 5.93. The topological polar surface area (TPSA) is 62.1 Å². The maximum Gasteiger partial charge on any atom is 0.308 e. The number of hydrogen-bond donors (Lipinski definition) is 1. The van der Waals surface area contributed by atoms with Gasteiger partial charge in [-0.25, -0.2) is 0 Å². The van der Waals surface area contributed by atoms with E-state index in [1.54, 1.807) is 12.1 Å². The van der Waals surface area contributed by atoms with Gasteiger partial charge in [0.2, 0.25) is 0 Å². The van der Waals surface area contributed by atoms with Crippen molar-refractivity contribution in [3.8, 4) is 6.07 Å². The Morgan fingerprint density at radius 3 is 2.74 bits per heavy atom. The summed E-state index contributed by atoms with van der Waals surface area (Å²) in [5.74, 6) is -0.256. The fourth-order valence-electron chi connectivity index (χ4n) is 1.45. The van der Waals surface area contributed by atoms with Gasteiger partial charge in [0.05, 0.1) is 17.7 Å². The Morgan fingerprint density at radius 1 is 1.47 bits per heavy atom. The summed E-state index contributed by atoms with van der Waals surface area (Å²) in [6.07, 6.45) is 0.259. The molecule has 19 heavy (non-hydrogen) atoms. The number of rotatable bonds is 4. The second-order valence-corrected chi connectivity index (χ2v) is 5.98. The lowest BCUT2D eigenvalue weighted by Crippen LogP contribution is -2.25. The molecule has 0 radical (unpaired) electrons. The van der Waals surface area contributed by atoms with E-state index in [2.05, 4.69) is 27.3 Å². The molecule has 1 aromatic carbocycles. The van der Waals surface area contributed by atoms with Crippen LogP contribution in [-0.2, 0) is 9.53 Å². The Labute approximate surface area is 121 Å². The number of hydrogen-bond acceptors (Lipinski definition) is 4. The van der Waals surface area contributed by atoms with Gasteiger partial charge in [-0.05, 0) is 39.0 Å². The van der Waals surface area contributed by atoms with Crippen LogP contribution in [0.15, 0.2) is 22.7 Å². The Balaban J connectivity index is 2.52. The molecule has 0 heterocycles. The van der Waals surface area contributed by atoms with Gasteiger partial charge in [-0.3, -0.25) is 4.79 Å². The van der Waals surface area contributed by atoms with Crippen LogP contribution in [0.1, 0.15) is 32.8 Å². The van der Waals surface area contributed by atoms with Crippen molar-refractivity contribution in [3.63, 3.8) is 0 Å². The molecule has 1 aromatic rings. The van der Waals surface area contributed by atoms with E-state index in [1.807, 2.05) is 26.8 Å². The van der Waals surface area contributed by atoms with E-state index in [4.69, 9.17) is 10.00 Å². The molecule has 0 saturated heterocycles. The number of benzene rings is 1. The lowest BCUT2D eigenvalue weighted by atomic mass is 10.2. The Hall–Kier alpha value is -1.54. The zero-order valence-corrected chi connectivity index (χ0v) is 12.9. The van der Waals surface area contributed by atoms with Crippen molar-refractivity contribution in [1.29, 1.82) is 5.26 Å². The molecule has 1 N–H and O–H groups in total. The van der Waals surface area contributed by atoms with E-state index in [0.717, 1.165) is 4.47 Å². The normalized spacial score (nSPS) is 10.7. The van der Waals surface area contributed by atoms with Crippen LogP contribution in [0.3, 0.4) is 0 Å². The summed E-state index contributed by atoms with van der Waals surface area (Å²) in [5.41, 5.74) is 0.790. The van der Waals surface area contributed by atoms with Crippen LogP contribution >= 0.6 is 15.9 Å². The molecular weight excluding hydrogens is 308 g/mol. The molecule has 4 nitrogen and oxygen atoms in total. The van der Waals surface area contributed by atoms with E-state index in [1.165, 1.54) is 0 Å². The van der Waals surface area contributed by atoms with Gasteiger partial charge in [0, 0.05) is 11.0 Å². The Bertz CT molecular complexity index is 501. The average molecular weight is 325 g/mol. The first-order valence-corrected chi connectivity index (χ1v) is 6.76. The van der Waals surface area contributed by atoms with Gasteiger partial charge >= 0.3 is 5.97 Å². The zero-order chi connectivity index (χ0) is 14.5.